The number of nitrogens with one attached hydrogen (secondary N) is 1. The van der Waals surface area contributed by atoms with Gasteiger partial charge < -0.3 is 24.2 Å². The van der Waals surface area contributed by atoms with Crippen LogP contribution >= 0.6 is 23.2 Å². The highest BCUT2D eigenvalue weighted by atomic mass is 35.5. The van der Waals surface area contributed by atoms with Crippen molar-refractivity contribution in [1.29, 1.82) is 0 Å². The Balaban J connectivity index is 1.36. The van der Waals surface area contributed by atoms with Gasteiger partial charge in [-0.3, -0.25) is 44.8 Å². The Labute approximate surface area is 368 Å². The van der Waals surface area contributed by atoms with Gasteiger partial charge in [-0.15, -0.1) is 0 Å². The van der Waals surface area contributed by atoms with Gasteiger partial charge in [-0.2, -0.15) is 5.01 Å². The van der Waals surface area contributed by atoms with E-state index in [1.165, 1.54) is 70.7 Å². The van der Waals surface area contributed by atoms with Crippen molar-refractivity contribution >= 4 is 75.3 Å². The number of halogens is 2. The van der Waals surface area contributed by atoms with Crippen molar-refractivity contribution in [1.82, 2.24) is 5.01 Å². The van der Waals surface area contributed by atoms with E-state index in [-0.39, 0.29) is 57.7 Å². The molecule has 2 aliphatic carbocycles. The van der Waals surface area contributed by atoms with E-state index < -0.39 is 79.9 Å². The molecule has 6 atom stereocenters. The Morgan fingerprint density at radius 2 is 1.44 bits per heavy atom. The van der Waals surface area contributed by atoms with Crippen LogP contribution in [-0.4, -0.2) is 79.0 Å². The number of carbonyl (C=O) groups is 4. The maximum absolute atomic E-state index is 15.7. The summed E-state index contributed by atoms with van der Waals surface area (Å²) in [7, 11) is 6.97. The number of nitrogens with zero attached hydrogens (tertiary/aromatic N) is 5. The molecule has 4 aliphatic rings. The summed E-state index contributed by atoms with van der Waals surface area (Å²) in [5.74, 6) is -8.28. The van der Waals surface area contributed by atoms with Crippen molar-refractivity contribution in [2.24, 2.45) is 23.7 Å². The second-order valence-corrected chi connectivity index (χ2v) is 16.6. The summed E-state index contributed by atoms with van der Waals surface area (Å²) in [5, 5.41) is 36.8. The van der Waals surface area contributed by atoms with Crippen LogP contribution in [0.1, 0.15) is 29.9 Å². The number of hydrogen-bond donors (Lipinski definition) is 2. The van der Waals surface area contributed by atoms with Gasteiger partial charge in [0, 0.05) is 54.9 Å². The molecule has 6 unspecified atom stereocenters. The molecule has 2 N–H and O–H groups in total. The summed E-state index contributed by atoms with van der Waals surface area (Å²) in [6.45, 7) is 0. The van der Waals surface area contributed by atoms with Crippen LogP contribution in [0.5, 0.6) is 23.0 Å². The third-order valence-electron chi connectivity index (χ3n) is 12.6. The molecule has 2 saturated heterocycles. The number of hydrogen-bond acceptors (Lipinski definition) is 14. The van der Waals surface area contributed by atoms with Crippen LogP contribution < -0.4 is 29.4 Å². The fourth-order valence-corrected chi connectivity index (χ4v) is 10.5. The zero-order valence-electron chi connectivity index (χ0n) is 34.2. The minimum absolute atomic E-state index is 0.0649. The van der Waals surface area contributed by atoms with E-state index in [4.69, 9.17) is 37.4 Å². The van der Waals surface area contributed by atoms with Gasteiger partial charge in [-0.05, 0) is 54.7 Å². The highest BCUT2D eigenvalue weighted by Crippen LogP contribution is 2.66. The predicted octanol–water partition coefficient (Wildman–Crippen LogP) is 6.80. The Kier molecular flexibility index (Phi) is 10.7. The van der Waals surface area contributed by atoms with Crippen LogP contribution in [-0.2, 0) is 24.6 Å². The van der Waals surface area contributed by atoms with Gasteiger partial charge in [0.2, 0.25) is 11.8 Å². The quantitative estimate of drug-likeness (QED) is 0.0684. The Morgan fingerprint density at radius 1 is 0.825 bits per heavy atom. The third kappa shape index (κ3) is 6.45. The van der Waals surface area contributed by atoms with Crippen molar-refractivity contribution in [2.75, 3.05) is 50.7 Å². The normalized spacial score (nSPS) is 23.7. The zero-order chi connectivity index (χ0) is 45.4. The molecule has 8 rings (SSSR count). The highest BCUT2D eigenvalue weighted by Gasteiger charge is 2.71. The molecule has 0 spiro atoms. The number of phenols is 1. The van der Waals surface area contributed by atoms with Crippen LogP contribution in [0, 0.1) is 43.9 Å². The smallest absolute Gasteiger partial charge is 0.301 e. The number of carbonyl (C=O) groups excluding carboxylic acids is 4. The van der Waals surface area contributed by atoms with Crippen LogP contribution in [0.25, 0.3) is 0 Å². The summed E-state index contributed by atoms with van der Waals surface area (Å²) >= 11 is 12.8. The van der Waals surface area contributed by atoms with Crippen molar-refractivity contribution in [3.05, 3.63) is 120 Å². The Bertz CT molecular complexity index is 2630. The van der Waals surface area contributed by atoms with E-state index in [1.807, 2.05) is 0 Å². The van der Waals surface area contributed by atoms with E-state index >= 15 is 9.59 Å². The number of hydrazine groups is 1. The van der Waals surface area contributed by atoms with Crippen molar-refractivity contribution < 1.29 is 48.3 Å². The number of phenolic OH excluding ortho intramolecular Hbond substituents is 1. The molecule has 4 amide bonds. The van der Waals surface area contributed by atoms with E-state index in [0.717, 1.165) is 22.0 Å². The summed E-state index contributed by atoms with van der Waals surface area (Å²) in [5.41, 5.74) is 0.252. The van der Waals surface area contributed by atoms with Gasteiger partial charge in [0.1, 0.15) is 23.0 Å². The second-order valence-electron chi connectivity index (χ2n) is 15.7. The maximum atomic E-state index is 15.7. The Hall–Kier alpha value is -6.92. The lowest BCUT2D eigenvalue weighted by atomic mass is 9.49. The molecule has 326 valence electrons. The molecule has 3 fully saturated rings. The van der Waals surface area contributed by atoms with E-state index in [9.17, 15) is 34.9 Å². The lowest BCUT2D eigenvalue weighted by Crippen LogP contribution is -2.53. The largest absolute Gasteiger partial charge is 0.508 e. The molecule has 0 bridgehead atoms. The van der Waals surface area contributed by atoms with Crippen LogP contribution in [0.3, 0.4) is 0 Å². The van der Waals surface area contributed by atoms with Gasteiger partial charge in [-0.1, -0.05) is 47.0 Å². The number of anilines is 3. The third-order valence-corrected chi connectivity index (χ3v) is 13.1. The van der Waals surface area contributed by atoms with Gasteiger partial charge in [0.15, 0.2) is 5.69 Å². The van der Waals surface area contributed by atoms with Gasteiger partial charge >= 0.3 is 11.4 Å². The first kappa shape index (κ1) is 42.8. The molecule has 20 heteroatoms. The van der Waals surface area contributed by atoms with Gasteiger partial charge in [-0.25, -0.2) is 4.90 Å². The number of aromatic hydroxyl groups is 1. The Morgan fingerprint density at radius 3 is 1.98 bits per heavy atom. The van der Waals surface area contributed by atoms with Gasteiger partial charge in [0.05, 0.1) is 70.7 Å². The zero-order valence-corrected chi connectivity index (χ0v) is 35.7. The molecular formula is C43H38Cl2N6O12. The van der Waals surface area contributed by atoms with Crippen molar-refractivity contribution in [2.45, 2.75) is 24.2 Å². The number of imide groups is 2. The molecule has 1 saturated carbocycles. The maximum Gasteiger partial charge on any atom is 0.301 e. The number of amides is 4. The number of rotatable bonds is 11. The molecular weight excluding hydrogens is 863 g/mol. The van der Waals surface area contributed by atoms with Crippen LogP contribution in [0.2, 0.25) is 10.0 Å². The summed E-state index contributed by atoms with van der Waals surface area (Å²) < 4.78 is 17.2. The summed E-state index contributed by atoms with van der Waals surface area (Å²) in [4.78, 5) is 85.3. The van der Waals surface area contributed by atoms with E-state index in [0.29, 0.717) is 21.9 Å². The second kappa shape index (κ2) is 15.8. The van der Waals surface area contributed by atoms with Gasteiger partial charge in [0.25, 0.3) is 11.8 Å². The average Bonchev–Trinajstić information content (AvgIpc) is 3.64. The first-order valence-electron chi connectivity index (χ1n) is 19.4. The summed E-state index contributed by atoms with van der Waals surface area (Å²) in [6, 6.07) is 15.6. The van der Waals surface area contributed by atoms with Crippen molar-refractivity contribution in [3.8, 4) is 23.0 Å². The molecule has 4 aromatic rings. The number of allylic oxidation sites excluding steroid dienone is 2. The fourth-order valence-electron chi connectivity index (χ4n) is 10.1. The SMILES string of the molecule is COc1ccc(C23C(=O)N(Nc4ccc(Cl)cc4Cl)C(=O)C2CC2C(=CCC4C(=O)N(c5cc([N+](=O)[O-])c(N(C)C)c([N+](=O)[O-])c5)C(=O)C42)C3c2c(OC)cc(O)cc2OC)cc1. The molecule has 0 radical (unpaired) electrons. The highest BCUT2D eigenvalue weighted by molar-refractivity contribution is 6.36. The number of methoxy groups -OCH3 is 3. The number of benzene rings is 4. The van der Waals surface area contributed by atoms with E-state index in [1.54, 1.807) is 30.3 Å². The monoisotopic (exact) mass is 900 g/mol. The van der Waals surface area contributed by atoms with Crippen molar-refractivity contribution in [3.63, 3.8) is 0 Å². The molecule has 18 nitrogen and oxygen atoms in total. The molecule has 2 aliphatic heterocycles. The molecule has 2 heterocycles. The predicted molar refractivity (Wildman–Crippen MR) is 228 cm³/mol. The van der Waals surface area contributed by atoms with Crippen LogP contribution in [0.15, 0.2) is 78.4 Å². The minimum atomic E-state index is -1.84. The lowest BCUT2D eigenvalue weighted by Gasteiger charge is -2.51. The molecule has 0 aromatic heterocycles. The lowest BCUT2D eigenvalue weighted by molar-refractivity contribution is -0.392. The number of fused-ring (bicyclic) bond motifs is 4. The van der Waals surface area contributed by atoms with Crippen LogP contribution in [0.4, 0.5) is 28.4 Å². The fraction of sp³-hybridized carbons (Fsp3) is 0.302. The molecule has 63 heavy (non-hydrogen) atoms. The average molecular weight is 902 g/mol. The standard InChI is InChI=1S/C43H38Cl2N6O12/c1-47(2)38-31(50(57)58)15-22(16-32(38)51(59)60)48-39(53)26-12-11-25-27(35(26)41(48)55)19-28-40(54)49(46-30-13-8-21(44)14-29(30)45)42(56)43(28,20-6-9-24(61-3)10-7-20)37(25)36-33(62-4)17-23(52)18-34(36)63-5/h6-11,13-18,26-28,35,37,46,52H,12,19H2,1-5H3. The van der Waals surface area contributed by atoms with E-state index in [2.05, 4.69) is 5.43 Å². The minimum Gasteiger partial charge on any atom is -0.508 e. The molecule has 4 aromatic carbocycles. The number of ether oxygens (including phenoxy) is 3. The topological polar surface area (TPSA) is 224 Å². The number of nitro benzene ring substituents is 2. The summed E-state index contributed by atoms with van der Waals surface area (Å²) in [6.07, 6.45) is 1.52. The first-order valence-corrected chi connectivity index (χ1v) is 20.2. The number of nitro groups is 2. The first-order chi connectivity index (χ1) is 30.0.